The van der Waals surface area contributed by atoms with Crippen LogP contribution in [0.25, 0.3) is 0 Å². The molecule has 1 aliphatic heterocycles. The minimum atomic E-state index is -0.0828. The summed E-state index contributed by atoms with van der Waals surface area (Å²) in [6.45, 7) is 5.27. The number of hydrogen-bond acceptors (Lipinski definition) is 6. The van der Waals surface area contributed by atoms with E-state index in [9.17, 15) is 4.79 Å². The number of para-hydroxylation sites is 2. The lowest BCUT2D eigenvalue weighted by Gasteiger charge is -2.37. The van der Waals surface area contributed by atoms with Gasteiger partial charge in [-0.3, -0.25) is 4.79 Å². The number of amides is 1. The molecule has 0 bridgehead atoms. The molecular weight excluding hydrogens is 372 g/mol. The molecule has 0 aliphatic carbocycles. The van der Waals surface area contributed by atoms with Gasteiger partial charge < -0.3 is 28.7 Å². The van der Waals surface area contributed by atoms with Crippen LogP contribution < -0.4 is 23.8 Å². The Morgan fingerprint density at radius 1 is 0.862 bits per heavy atom. The summed E-state index contributed by atoms with van der Waals surface area (Å²) in [5.74, 6) is 2.29. The molecule has 2 aromatic carbocycles. The summed E-state index contributed by atoms with van der Waals surface area (Å²) in [7, 11) is 4.64. The largest absolute Gasteiger partial charge is 0.496 e. The summed E-state index contributed by atoms with van der Waals surface area (Å²) >= 11 is 0. The number of anilines is 1. The van der Waals surface area contributed by atoms with Gasteiger partial charge in [0.05, 0.1) is 39.2 Å². The standard InChI is InChI=1S/C22H28N2O5/c1-5-29-18-9-7-6-8-17(18)23-10-12-24(13-11-23)22(25)16-14-20(27-3)21(28-4)15-19(16)26-2/h6-9,14-15H,5,10-13H2,1-4H3. The topological polar surface area (TPSA) is 60.5 Å². The Morgan fingerprint density at radius 3 is 2.10 bits per heavy atom. The number of nitrogens with zero attached hydrogens (tertiary/aromatic N) is 2. The van der Waals surface area contributed by atoms with Gasteiger partial charge in [0, 0.05) is 38.3 Å². The fourth-order valence-electron chi connectivity index (χ4n) is 3.51. The molecule has 2 aromatic rings. The molecule has 1 fully saturated rings. The molecule has 7 heteroatoms. The van der Waals surface area contributed by atoms with Crippen LogP contribution in [-0.2, 0) is 0 Å². The monoisotopic (exact) mass is 400 g/mol. The second-order valence-electron chi connectivity index (χ2n) is 6.59. The summed E-state index contributed by atoms with van der Waals surface area (Å²) in [6, 6.07) is 11.4. The van der Waals surface area contributed by atoms with Crippen LogP contribution in [0.2, 0.25) is 0 Å². The van der Waals surface area contributed by atoms with Crippen LogP contribution in [0.1, 0.15) is 17.3 Å². The second kappa shape index (κ2) is 9.41. The molecule has 0 atom stereocenters. The van der Waals surface area contributed by atoms with Crippen LogP contribution >= 0.6 is 0 Å². The highest BCUT2D eigenvalue weighted by Crippen LogP contribution is 2.35. The van der Waals surface area contributed by atoms with Gasteiger partial charge in [0.15, 0.2) is 11.5 Å². The maximum Gasteiger partial charge on any atom is 0.257 e. The molecule has 1 heterocycles. The van der Waals surface area contributed by atoms with Crippen molar-refractivity contribution < 1.29 is 23.7 Å². The van der Waals surface area contributed by atoms with Crippen molar-refractivity contribution in [2.45, 2.75) is 6.92 Å². The van der Waals surface area contributed by atoms with Crippen molar-refractivity contribution in [1.82, 2.24) is 4.90 Å². The zero-order valence-corrected chi connectivity index (χ0v) is 17.4. The minimum Gasteiger partial charge on any atom is -0.496 e. The van der Waals surface area contributed by atoms with Crippen LogP contribution in [0.3, 0.4) is 0 Å². The van der Waals surface area contributed by atoms with Gasteiger partial charge in [-0.2, -0.15) is 0 Å². The first-order chi connectivity index (χ1) is 14.1. The quantitative estimate of drug-likeness (QED) is 0.712. The first kappa shape index (κ1) is 20.6. The highest BCUT2D eigenvalue weighted by atomic mass is 16.5. The minimum absolute atomic E-state index is 0.0828. The molecule has 0 aromatic heterocycles. The van der Waals surface area contributed by atoms with Crippen LogP contribution in [-0.4, -0.2) is 64.9 Å². The van der Waals surface area contributed by atoms with E-state index in [0.717, 1.165) is 24.5 Å². The van der Waals surface area contributed by atoms with Gasteiger partial charge in [-0.15, -0.1) is 0 Å². The zero-order valence-electron chi connectivity index (χ0n) is 17.4. The average Bonchev–Trinajstić information content (AvgIpc) is 2.78. The van der Waals surface area contributed by atoms with Crippen molar-refractivity contribution in [3.63, 3.8) is 0 Å². The normalized spacial score (nSPS) is 13.8. The summed E-state index contributed by atoms with van der Waals surface area (Å²) < 4.78 is 21.8. The molecule has 156 valence electrons. The molecule has 1 aliphatic rings. The van der Waals surface area contributed by atoms with Gasteiger partial charge in [-0.1, -0.05) is 12.1 Å². The zero-order chi connectivity index (χ0) is 20.8. The fourth-order valence-corrected chi connectivity index (χ4v) is 3.51. The molecule has 29 heavy (non-hydrogen) atoms. The fraction of sp³-hybridized carbons (Fsp3) is 0.409. The molecule has 0 unspecified atom stereocenters. The van der Waals surface area contributed by atoms with E-state index < -0.39 is 0 Å². The van der Waals surface area contributed by atoms with E-state index in [1.807, 2.05) is 30.0 Å². The van der Waals surface area contributed by atoms with E-state index in [4.69, 9.17) is 18.9 Å². The van der Waals surface area contributed by atoms with E-state index in [0.29, 0.717) is 42.5 Å². The number of carbonyl (C=O) groups excluding carboxylic acids is 1. The van der Waals surface area contributed by atoms with Gasteiger partial charge in [0.25, 0.3) is 5.91 Å². The number of carbonyl (C=O) groups is 1. The summed E-state index contributed by atoms with van der Waals surface area (Å²) in [5.41, 5.74) is 1.53. The van der Waals surface area contributed by atoms with Crippen molar-refractivity contribution >= 4 is 11.6 Å². The third-order valence-corrected chi connectivity index (χ3v) is 5.01. The second-order valence-corrected chi connectivity index (χ2v) is 6.59. The van der Waals surface area contributed by atoms with E-state index >= 15 is 0 Å². The molecule has 1 amide bonds. The number of methoxy groups -OCH3 is 3. The molecule has 7 nitrogen and oxygen atoms in total. The third-order valence-electron chi connectivity index (χ3n) is 5.01. The van der Waals surface area contributed by atoms with Crippen molar-refractivity contribution in [3.05, 3.63) is 42.0 Å². The summed E-state index contributed by atoms with van der Waals surface area (Å²) in [6.07, 6.45) is 0. The predicted octanol–water partition coefficient (Wildman–Crippen LogP) is 3.07. The van der Waals surface area contributed by atoms with Crippen LogP contribution in [0, 0.1) is 0 Å². The Balaban J connectivity index is 1.75. The average molecular weight is 400 g/mol. The Kier molecular flexibility index (Phi) is 6.69. The molecule has 1 saturated heterocycles. The Morgan fingerprint density at radius 2 is 1.48 bits per heavy atom. The van der Waals surface area contributed by atoms with Crippen molar-refractivity contribution in [2.75, 3.05) is 59.0 Å². The molecular formula is C22H28N2O5. The molecule has 0 saturated carbocycles. The Hall–Kier alpha value is -3.09. The Bertz CT molecular complexity index is 847. The number of ether oxygens (including phenoxy) is 4. The maximum atomic E-state index is 13.2. The van der Waals surface area contributed by atoms with E-state index in [1.54, 1.807) is 33.5 Å². The first-order valence-electron chi connectivity index (χ1n) is 9.69. The lowest BCUT2D eigenvalue weighted by atomic mass is 10.1. The number of hydrogen-bond donors (Lipinski definition) is 0. The van der Waals surface area contributed by atoms with Gasteiger partial charge >= 0.3 is 0 Å². The SMILES string of the molecule is CCOc1ccccc1N1CCN(C(=O)c2cc(OC)c(OC)cc2OC)CC1. The van der Waals surface area contributed by atoms with Crippen molar-refractivity contribution in [2.24, 2.45) is 0 Å². The molecule has 0 radical (unpaired) electrons. The van der Waals surface area contributed by atoms with E-state index in [2.05, 4.69) is 11.0 Å². The van der Waals surface area contributed by atoms with E-state index in [-0.39, 0.29) is 5.91 Å². The molecule has 0 N–H and O–H groups in total. The van der Waals surface area contributed by atoms with Crippen molar-refractivity contribution in [1.29, 1.82) is 0 Å². The third kappa shape index (κ3) is 4.34. The number of benzene rings is 2. The van der Waals surface area contributed by atoms with E-state index in [1.165, 1.54) is 0 Å². The lowest BCUT2D eigenvalue weighted by Crippen LogP contribution is -2.49. The first-order valence-corrected chi connectivity index (χ1v) is 9.69. The maximum absolute atomic E-state index is 13.2. The summed E-state index contributed by atoms with van der Waals surface area (Å²) in [5, 5.41) is 0. The van der Waals surface area contributed by atoms with Crippen LogP contribution in [0.5, 0.6) is 23.0 Å². The highest BCUT2D eigenvalue weighted by molar-refractivity contribution is 5.98. The van der Waals surface area contributed by atoms with Crippen molar-refractivity contribution in [3.8, 4) is 23.0 Å². The van der Waals surface area contributed by atoms with Crippen LogP contribution in [0.15, 0.2) is 36.4 Å². The van der Waals surface area contributed by atoms with Crippen LogP contribution in [0.4, 0.5) is 5.69 Å². The van der Waals surface area contributed by atoms with Gasteiger partial charge in [0.1, 0.15) is 11.5 Å². The molecule has 3 rings (SSSR count). The summed E-state index contributed by atoms with van der Waals surface area (Å²) in [4.78, 5) is 17.3. The Labute approximate surface area is 171 Å². The van der Waals surface area contributed by atoms with Gasteiger partial charge in [0.2, 0.25) is 0 Å². The molecule has 0 spiro atoms. The van der Waals surface area contributed by atoms with Gasteiger partial charge in [-0.25, -0.2) is 0 Å². The lowest BCUT2D eigenvalue weighted by molar-refractivity contribution is 0.0742. The predicted molar refractivity (Wildman–Crippen MR) is 112 cm³/mol. The number of rotatable bonds is 7. The highest BCUT2D eigenvalue weighted by Gasteiger charge is 2.27. The van der Waals surface area contributed by atoms with Gasteiger partial charge in [-0.05, 0) is 19.1 Å². The smallest absolute Gasteiger partial charge is 0.257 e. The number of piperazine rings is 1.